The van der Waals surface area contributed by atoms with Gasteiger partial charge in [0.25, 0.3) is 0 Å². The summed E-state index contributed by atoms with van der Waals surface area (Å²) in [6.45, 7) is 3.93. The molecule has 2 aliphatic rings. The van der Waals surface area contributed by atoms with Gasteiger partial charge in [0, 0.05) is 11.5 Å². The highest BCUT2D eigenvalue weighted by atomic mass is 16.5. The number of amides is 2. The van der Waals surface area contributed by atoms with Crippen molar-refractivity contribution in [1.29, 1.82) is 0 Å². The standard InChI is InChI=1S/C25H28N2O5/c1-25(2,15-11-12-15)27-22(28)13-21(23(29)30)26-24(31)32-14-20-18-9-5-3-7-16(18)17-8-4-6-10-19(17)20/h3-10,15,20-21H,11-14H2,1-2H3,(H,26,31)(H,27,28)(H,29,30). The molecule has 7 nitrogen and oxygen atoms in total. The van der Waals surface area contributed by atoms with Crippen LogP contribution in [0.3, 0.4) is 0 Å². The van der Waals surface area contributed by atoms with Crippen LogP contribution in [0.4, 0.5) is 4.79 Å². The van der Waals surface area contributed by atoms with E-state index in [9.17, 15) is 19.5 Å². The van der Waals surface area contributed by atoms with Crippen LogP contribution in [-0.4, -0.2) is 41.3 Å². The predicted molar refractivity (Wildman–Crippen MR) is 119 cm³/mol. The lowest BCUT2D eigenvalue weighted by Crippen LogP contribution is -2.49. The minimum atomic E-state index is -1.36. The Hall–Kier alpha value is -3.35. The molecule has 0 bridgehead atoms. The summed E-state index contributed by atoms with van der Waals surface area (Å²) < 4.78 is 5.41. The van der Waals surface area contributed by atoms with Crippen LogP contribution in [-0.2, 0) is 14.3 Å². The van der Waals surface area contributed by atoms with E-state index in [1.807, 2.05) is 62.4 Å². The van der Waals surface area contributed by atoms with Gasteiger partial charge in [0.05, 0.1) is 6.42 Å². The second kappa shape index (κ2) is 8.65. The average Bonchev–Trinajstić information content (AvgIpc) is 3.56. The molecule has 32 heavy (non-hydrogen) atoms. The first-order chi connectivity index (χ1) is 15.3. The Morgan fingerprint density at radius 3 is 2.12 bits per heavy atom. The average molecular weight is 437 g/mol. The monoisotopic (exact) mass is 436 g/mol. The second-order valence-electron chi connectivity index (χ2n) is 9.11. The molecule has 168 valence electrons. The lowest BCUT2D eigenvalue weighted by Gasteiger charge is -2.27. The molecule has 0 aromatic heterocycles. The van der Waals surface area contributed by atoms with Gasteiger partial charge in [0.15, 0.2) is 0 Å². The van der Waals surface area contributed by atoms with Gasteiger partial charge in [-0.05, 0) is 54.9 Å². The van der Waals surface area contributed by atoms with E-state index < -0.39 is 24.0 Å². The third kappa shape index (κ3) is 4.61. The number of aliphatic carboxylic acids is 1. The number of carbonyl (C=O) groups is 3. The lowest BCUT2D eigenvalue weighted by molar-refractivity contribution is -0.141. The first-order valence-corrected chi connectivity index (χ1v) is 10.9. The molecular formula is C25H28N2O5. The highest BCUT2D eigenvalue weighted by molar-refractivity contribution is 5.87. The molecule has 1 fully saturated rings. The van der Waals surface area contributed by atoms with Gasteiger partial charge in [0.2, 0.25) is 5.91 Å². The Morgan fingerprint density at radius 1 is 1.03 bits per heavy atom. The van der Waals surface area contributed by atoms with Gasteiger partial charge in [-0.3, -0.25) is 4.79 Å². The number of fused-ring (bicyclic) bond motifs is 3. The molecule has 0 aliphatic heterocycles. The molecule has 0 radical (unpaired) electrons. The lowest BCUT2D eigenvalue weighted by atomic mass is 9.98. The van der Waals surface area contributed by atoms with Crippen molar-refractivity contribution in [3.05, 3.63) is 59.7 Å². The highest BCUT2D eigenvalue weighted by Gasteiger charge is 2.39. The fourth-order valence-corrected chi connectivity index (χ4v) is 4.49. The Bertz CT molecular complexity index is 999. The van der Waals surface area contributed by atoms with E-state index >= 15 is 0 Å². The van der Waals surface area contributed by atoms with Crippen LogP contribution in [0.2, 0.25) is 0 Å². The van der Waals surface area contributed by atoms with E-state index in [1.165, 1.54) is 0 Å². The van der Waals surface area contributed by atoms with Crippen LogP contribution in [0, 0.1) is 5.92 Å². The van der Waals surface area contributed by atoms with Crippen molar-refractivity contribution in [2.75, 3.05) is 6.61 Å². The van der Waals surface area contributed by atoms with Crippen LogP contribution in [0.1, 0.15) is 50.2 Å². The Morgan fingerprint density at radius 2 is 1.59 bits per heavy atom. The third-order valence-electron chi connectivity index (χ3n) is 6.38. The normalized spacial score (nSPS) is 15.9. The molecule has 3 N–H and O–H groups in total. The third-order valence-corrected chi connectivity index (χ3v) is 6.38. The topological polar surface area (TPSA) is 105 Å². The number of benzene rings is 2. The largest absolute Gasteiger partial charge is 0.480 e. The van der Waals surface area contributed by atoms with E-state index in [2.05, 4.69) is 10.6 Å². The van der Waals surface area contributed by atoms with Crippen LogP contribution in [0.25, 0.3) is 11.1 Å². The summed E-state index contributed by atoms with van der Waals surface area (Å²) in [6, 6.07) is 14.6. The van der Waals surface area contributed by atoms with Crippen LogP contribution >= 0.6 is 0 Å². The molecule has 0 saturated heterocycles. The summed E-state index contributed by atoms with van der Waals surface area (Å²) in [7, 11) is 0. The molecule has 2 aliphatic carbocycles. The molecule has 1 atom stereocenters. The van der Waals surface area contributed by atoms with Crippen molar-refractivity contribution in [2.24, 2.45) is 5.92 Å². The molecule has 2 aromatic carbocycles. The van der Waals surface area contributed by atoms with Gasteiger partial charge in [-0.2, -0.15) is 0 Å². The number of alkyl carbamates (subject to hydrolysis) is 1. The number of hydrogen-bond donors (Lipinski definition) is 3. The molecule has 2 aromatic rings. The first-order valence-electron chi connectivity index (χ1n) is 10.9. The van der Waals surface area contributed by atoms with Gasteiger partial charge in [0.1, 0.15) is 12.6 Å². The van der Waals surface area contributed by atoms with Gasteiger partial charge < -0.3 is 20.5 Å². The summed E-state index contributed by atoms with van der Waals surface area (Å²) in [5.41, 5.74) is 3.96. The number of carboxylic acids is 1. The van der Waals surface area contributed by atoms with E-state index in [-0.39, 0.29) is 24.5 Å². The number of carbonyl (C=O) groups excluding carboxylic acids is 2. The number of nitrogens with one attached hydrogen (secondary N) is 2. The van der Waals surface area contributed by atoms with E-state index in [0.29, 0.717) is 5.92 Å². The van der Waals surface area contributed by atoms with Crippen molar-refractivity contribution >= 4 is 18.0 Å². The quantitative estimate of drug-likeness (QED) is 0.586. The summed E-state index contributed by atoms with van der Waals surface area (Å²) in [5.74, 6) is -1.41. The summed E-state index contributed by atoms with van der Waals surface area (Å²) in [6.07, 6.45) is 0.894. The van der Waals surface area contributed by atoms with E-state index in [0.717, 1.165) is 35.1 Å². The maximum atomic E-state index is 12.4. The fraction of sp³-hybridized carbons (Fsp3) is 0.400. The number of rotatable bonds is 8. The zero-order valence-corrected chi connectivity index (χ0v) is 18.3. The Balaban J connectivity index is 1.36. The van der Waals surface area contributed by atoms with Crippen molar-refractivity contribution in [3.8, 4) is 11.1 Å². The molecule has 1 saturated carbocycles. The second-order valence-corrected chi connectivity index (χ2v) is 9.11. The van der Waals surface area contributed by atoms with Crippen LogP contribution in [0.15, 0.2) is 48.5 Å². The number of ether oxygens (including phenoxy) is 1. The van der Waals surface area contributed by atoms with Gasteiger partial charge in [-0.15, -0.1) is 0 Å². The van der Waals surface area contributed by atoms with Crippen molar-refractivity contribution in [3.63, 3.8) is 0 Å². The molecule has 7 heteroatoms. The zero-order chi connectivity index (χ0) is 22.9. The maximum Gasteiger partial charge on any atom is 0.407 e. The Labute approximate surface area is 187 Å². The van der Waals surface area contributed by atoms with Gasteiger partial charge in [-0.25, -0.2) is 9.59 Å². The molecule has 2 amide bonds. The van der Waals surface area contributed by atoms with Crippen molar-refractivity contribution in [1.82, 2.24) is 10.6 Å². The van der Waals surface area contributed by atoms with Crippen LogP contribution in [0.5, 0.6) is 0 Å². The molecule has 0 spiro atoms. The van der Waals surface area contributed by atoms with E-state index in [1.54, 1.807) is 0 Å². The van der Waals surface area contributed by atoms with E-state index in [4.69, 9.17) is 4.74 Å². The molecule has 1 unspecified atom stereocenters. The minimum Gasteiger partial charge on any atom is -0.480 e. The van der Waals surface area contributed by atoms with Gasteiger partial charge >= 0.3 is 12.1 Å². The smallest absolute Gasteiger partial charge is 0.407 e. The first kappa shape index (κ1) is 21.9. The predicted octanol–water partition coefficient (Wildman–Crippen LogP) is 3.67. The SMILES string of the molecule is CC(C)(NC(=O)CC(NC(=O)OCC1c2ccccc2-c2ccccc21)C(=O)O)C1CC1. The zero-order valence-electron chi connectivity index (χ0n) is 18.3. The molecular weight excluding hydrogens is 408 g/mol. The highest BCUT2D eigenvalue weighted by Crippen LogP contribution is 2.44. The summed E-state index contributed by atoms with van der Waals surface area (Å²) >= 11 is 0. The minimum absolute atomic E-state index is 0.0765. The fourth-order valence-electron chi connectivity index (χ4n) is 4.49. The van der Waals surface area contributed by atoms with Crippen LogP contribution < -0.4 is 10.6 Å². The van der Waals surface area contributed by atoms with Crippen molar-refractivity contribution in [2.45, 2.75) is 50.6 Å². The molecule has 0 heterocycles. The molecule has 4 rings (SSSR count). The number of hydrogen-bond acceptors (Lipinski definition) is 4. The maximum absolute atomic E-state index is 12.4. The summed E-state index contributed by atoms with van der Waals surface area (Å²) in [4.78, 5) is 36.4. The number of carboxylic acid groups (broad SMARTS) is 1. The van der Waals surface area contributed by atoms with Crippen molar-refractivity contribution < 1.29 is 24.2 Å². The summed E-state index contributed by atoms with van der Waals surface area (Å²) in [5, 5.41) is 14.7. The Kier molecular flexibility index (Phi) is 5.91. The van der Waals surface area contributed by atoms with Gasteiger partial charge in [-0.1, -0.05) is 48.5 Å².